The molecule has 4 rings (SSSR count). The van der Waals surface area contributed by atoms with E-state index in [2.05, 4.69) is 10.6 Å². The predicted octanol–water partition coefficient (Wildman–Crippen LogP) is 5.58. The molecule has 1 heterocycles. The largest absolute Gasteiger partial charge is 0.454 e. The molecular weight excluding hydrogens is 436 g/mol. The van der Waals surface area contributed by atoms with Crippen molar-refractivity contribution in [2.45, 2.75) is 23.5 Å². The van der Waals surface area contributed by atoms with Gasteiger partial charge in [-0.05, 0) is 48.4 Å². The Kier molecular flexibility index (Phi) is 7.32. The standard InChI is InChI=1S/C26H24N2O4S/c1-2-24(26(30)28-20-12-13-22-23(16-20)32-17-31-22)33-21-10-6-9-19(15-21)27-25(29)14-11-18-7-4-3-5-8-18/h3-16,24H,2,17H2,1H3,(H,27,29)(H,28,30)/b14-11+. The van der Waals surface area contributed by atoms with Gasteiger partial charge >= 0.3 is 0 Å². The summed E-state index contributed by atoms with van der Waals surface area (Å²) in [6.07, 6.45) is 3.92. The van der Waals surface area contributed by atoms with E-state index in [1.165, 1.54) is 17.8 Å². The van der Waals surface area contributed by atoms with Crippen molar-refractivity contribution >= 4 is 41.0 Å². The maximum atomic E-state index is 12.8. The zero-order valence-electron chi connectivity index (χ0n) is 18.1. The molecule has 0 aliphatic carbocycles. The summed E-state index contributed by atoms with van der Waals surface area (Å²) < 4.78 is 10.7. The first-order valence-corrected chi connectivity index (χ1v) is 11.5. The molecule has 168 valence electrons. The number of fused-ring (bicyclic) bond motifs is 1. The summed E-state index contributed by atoms with van der Waals surface area (Å²) in [7, 11) is 0. The van der Waals surface area contributed by atoms with Gasteiger partial charge in [0.2, 0.25) is 18.6 Å². The molecule has 1 unspecified atom stereocenters. The molecule has 0 saturated carbocycles. The van der Waals surface area contributed by atoms with Crippen molar-refractivity contribution in [2.24, 2.45) is 0 Å². The molecule has 0 fully saturated rings. The third-order valence-electron chi connectivity index (χ3n) is 4.91. The lowest BCUT2D eigenvalue weighted by molar-refractivity contribution is -0.115. The highest BCUT2D eigenvalue weighted by Crippen LogP contribution is 2.35. The normalized spacial score (nSPS) is 13.0. The van der Waals surface area contributed by atoms with Gasteiger partial charge in [0.05, 0.1) is 5.25 Å². The molecule has 0 aromatic heterocycles. The molecule has 7 heteroatoms. The highest BCUT2D eigenvalue weighted by atomic mass is 32.2. The Morgan fingerprint density at radius 2 is 1.73 bits per heavy atom. The summed E-state index contributed by atoms with van der Waals surface area (Å²) in [4.78, 5) is 26.0. The van der Waals surface area contributed by atoms with Crippen molar-refractivity contribution in [3.8, 4) is 11.5 Å². The van der Waals surface area contributed by atoms with E-state index < -0.39 is 0 Å². The number of carbonyl (C=O) groups excluding carboxylic acids is 2. The van der Waals surface area contributed by atoms with Crippen LogP contribution in [0.3, 0.4) is 0 Å². The van der Waals surface area contributed by atoms with Crippen molar-refractivity contribution in [1.29, 1.82) is 0 Å². The predicted molar refractivity (Wildman–Crippen MR) is 132 cm³/mol. The van der Waals surface area contributed by atoms with Crippen LogP contribution in [0.25, 0.3) is 6.08 Å². The minimum Gasteiger partial charge on any atom is -0.454 e. The summed E-state index contributed by atoms with van der Waals surface area (Å²) in [6.45, 7) is 2.16. The van der Waals surface area contributed by atoms with E-state index in [-0.39, 0.29) is 23.9 Å². The summed E-state index contributed by atoms with van der Waals surface area (Å²) in [5.74, 6) is 0.986. The molecular formula is C26H24N2O4S. The lowest BCUT2D eigenvalue weighted by atomic mass is 10.2. The van der Waals surface area contributed by atoms with Crippen LogP contribution in [-0.2, 0) is 9.59 Å². The number of carbonyl (C=O) groups is 2. The minimum absolute atomic E-state index is 0.0957. The topological polar surface area (TPSA) is 76.7 Å². The van der Waals surface area contributed by atoms with E-state index in [0.717, 1.165) is 10.5 Å². The molecule has 6 nitrogen and oxygen atoms in total. The van der Waals surface area contributed by atoms with Crippen LogP contribution in [0.15, 0.2) is 83.8 Å². The number of hydrogen-bond acceptors (Lipinski definition) is 5. The van der Waals surface area contributed by atoms with Crippen molar-refractivity contribution in [3.63, 3.8) is 0 Å². The smallest absolute Gasteiger partial charge is 0.248 e. The van der Waals surface area contributed by atoms with E-state index in [4.69, 9.17) is 9.47 Å². The fourth-order valence-electron chi connectivity index (χ4n) is 3.25. The number of nitrogens with one attached hydrogen (secondary N) is 2. The molecule has 0 spiro atoms. The Bertz CT molecular complexity index is 1160. The van der Waals surface area contributed by atoms with Gasteiger partial charge < -0.3 is 20.1 Å². The maximum absolute atomic E-state index is 12.8. The van der Waals surface area contributed by atoms with E-state index in [1.807, 2.05) is 61.5 Å². The third kappa shape index (κ3) is 6.17. The highest BCUT2D eigenvalue weighted by molar-refractivity contribution is 8.00. The number of amides is 2. The van der Waals surface area contributed by atoms with Gasteiger partial charge in [0.25, 0.3) is 0 Å². The van der Waals surface area contributed by atoms with Gasteiger partial charge in [-0.2, -0.15) is 0 Å². The summed E-state index contributed by atoms with van der Waals surface area (Å²) >= 11 is 1.46. The first kappa shape index (κ1) is 22.5. The van der Waals surface area contributed by atoms with Gasteiger partial charge in [-0.1, -0.05) is 43.3 Å². The van der Waals surface area contributed by atoms with Crippen molar-refractivity contribution in [1.82, 2.24) is 0 Å². The quantitative estimate of drug-likeness (QED) is 0.339. The molecule has 0 saturated heterocycles. The molecule has 0 radical (unpaired) electrons. The number of anilines is 2. The molecule has 3 aromatic rings. The first-order valence-electron chi connectivity index (χ1n) is 10.6. The van der Waals surface area contributed by atoms with Crippen LogP contribution in [-0.4, -0.2) is 23.9 Å². The molecule has 33 heavy (non-hydrogen) atoms. The zero-order valence-corrected chi connectivity index (χ0v) is 18.9. The summed E-state index contributed by atoms with van der Waals surface area (Å²) in [6, 6.07) is 22.5. The van der Waals surface area contributed by atoms with Gasteiger partial charge in [0.1, 0.15) is 0 Å². The summed E-state index contributed by atoms with van der Waals surface area (Å²) in [5, 5.41) is 5.53. The second kappa shape index (κ2) is 10.7. The van der Waals surface area contributed by atoms with E-state index in [0.29, 0.717) is 29.3 Å². The first-order chi connectivity index (χ1) is 16.1. The molecule has 3 aromatic carbocycles. The Morgan fingerprint density at radius 3 is 2.55 bits per heavy atom. The van der Waals surface area contributed by atoms with Crippen LogP contribution in [0.2, 0.25) is 0 Å². The molecule has 1 aliphatic heterocycles. The van der Waals surface area contributed by atoms with Gasteiger partial charge in [0, 0.05) is 28.4 Å². The Balaban J connectivity index is 1.36. The Morgan fingerprint density at radius 1 is 0.939 bits per heavy atom. The van der Waals surface area contributed by atoms with Gasteiger partial charge in [-0.25, -0.2) is 0 Å². The fourth-order valence-corrected chi connectivity index (χ4v) is 4.26. The zero-order chi connectivity index (χ0) is 23.0. The van der Waals surface area contributed by atoms with Crippen molar-refractivity contribution < 1.29 is 19.1 Å². The van der Waals surface area contributed by atoms with Crippen LogP contribution in [0, 0.1) is 0 Å². The molecule has 2 amide bonds. The van der Waals surface area contributed by atoms with Crippen LogP contribution < -0.4 is 20.1 Å². The van der Waals surface area contributed by atoms with E-state index in [9.17, 15) is 9.59 Å². The van der Waals surface area contributed by atoms with Crippen LogP contribution >= 0.6 is 11.8 Å². The highest BCUT2D eigenvalue weighted by Gasteiger charge is 2.20. The lowest BCUT2D eigenvalue weighted by Gasteiger charge is -2.15. The third-order valence-corrected chi connectivity index (χ3v) is 6.27. The van der Waals surface area contributed by atoms with Crippen molar-refractivity contribution in [2.75, 3.05) is 17.4 Å². The van der Waals surface area contributed by atoms with Crippen molar-refractivity contribution in [3.05, 3.63) is 84.4 Å². The van der Waals surface area contributed by atoms with E-state index >= 15 is 0 Å². The molecule has 2 N–H and O–H groups in total. The minimum atomic E-state index is -0.292. The van der Waals surface area contributed by atoms with Gasteiger partial charge in [0.15, 0.2) is 11.5 Å². The molecule has 1 aliphatic rings. The SMILES string of the molecule is CCC(Sc1cccc(NC(=O)/C=C/c2ccccc2)c1)C(=O)Nc1ccc2c(c1)OCO2. The van der Waals surface area contributed by atoms with Crippen LogP contribution in [0.5, 0.6) is 11.5 Å². The maximum Gasteiger partial charge on any atom is 0.248 e. The van der Waals surface area contributed by atoms with Crippen LogP contribution in [0.4, 0.5) is 11.4 Å². The summed E-state index contributed by atoms with van der Waals surface area (Å²) in [5.41, 5.74) is 2.29. The average Bonchev–Trinajstić information content (AvgIpc) is 3.30. The molecule has 1 atom stereocenters. The fraction of sp³-hybridized carbons (Fsp3) is 0.154. The monoisotopic (exact) mass is 460 g/mol. The van der Waals surface area contributed by atoms with Gasteiger partial charge in [-0.3, -0.25) is 9.59 Å². The molecule has 0 bridgehead atoms. The number of benzene rings is 3. The van der Waals surface area contributed by atoms with E-state index in [1.54, 1.807) is 24.3 Å². The van der Waals surface area contributed by atoms with Crippen LogP contribution in [0.1, 0.15) is 18.9 Å². The number of rotatable bonds is 8. The Hall–Kier alpha value is -3.71. The van der Waals surface area contributed by atoms with Gasteiger partial charge in [-0.15, -0.1) is 11.8 Å². The average molecular weight is 461 g/mol. The number of thioether (sulfide) groups is 1. The second-order valence-corrected chi connectivity index (χ2v) is 8.61. The lowest BCUT2D eigenvalue weighted by Crippen LogP contribution is -2.24. The Labute approximate surface area is 197 Å². The number of ether oxygens (including phenoxy) is 2. The second-order valence-electron chi connectivity index (χ2n) is 7.33. The number of hydrogen-bond donors (Lipinski definition) is 2.